The second kappa shape index (κ2) is 6.44. The number of nitrogens with two attached hydrogens (primary N) is 1. The molecule has 25 heavy (non-hydrogen) atoms. The number of hydrogen-bond donors (Lipinski definition) is 1. The van der Waals surface area contributed by atoms with E-state index < -0.39 is 17.9 Å². The number of ether oxygens (including phenoxy) is 1. The van der Waals surface area contributed by atoms with Crippen molar-refractivity contribution < 1.29 is 18.3 Å². The highest BCUT2D eigenvalue weighted by Gasteiger charge is 2.45. The first-order chi connectivity index (χ1) is 11.8. The molecular weight excluding hydrogens is 330 g/mol. The molecule has 0 aliphatic carbocycles. The summed E-state index contributed by atoms with van der Waals surface area (Å²) in [7, 11) is 3.46. The zero-order valence-electron chi connectivity index (χ0n) is 14.1. The van der Waals surface area contributed by atoms with Crippen molar-refractivity contribution >= 4 is 5.91 Å². The van der Waals surface area contributed by atoms with Gasteiger partial charge in [-0.05, 0) is 25.2 Å². The summed E-state index contributed by atoms with van der Waals surface area (Å²) in [5.41, 5.74) is 6.81. The summed E-state index contributed by atoms with van der Waals surface area (Å²) in [5, 5.41) is 0. The van der Waals surface area contributed by atoms with E-state index in [0.717, 1.165) is 0 Å². The standard InChI is InChI=1S/C17H20F2N4O2/c1-22-6-5-15(17(18,19)9-22)25-14-4-3-11(7-12(14)16(20)24)13-8-23(2)10-21-13/h3-4,7-8,10,15H,5-6,9H2,1-2H3,(H2,20,24). The number of imidazole rings is 1. The van der Waals surface area contributed by atoms with Crippen LogP contribution in [0.5, 0.6) is 5.75 Å². The Kier molecular flexibility index (Phi) is 4.47. The highest BCUT2D eigenvalue weighted by molar-refractivity contribution is 5.96. The van der Waals surface area contributed by atoms with Crippen molar-refractivity contribution in [2.45, 2.75) is 18.4 Å². The number of aromatic nitrogens is 2. The highest BCUT2D eigenvalue weighted by atomic mass is 19.3. The molecule has 1 saturated heterocycles. The van der Waals surface area contributed by atoms with Gasteiger partial charge in [-0.15, -0.1) is 0 Å². The summed E-state index contributed by atoms with van der Waals surface area (Å²) in [6.45, 7) is 0.119. The Balaban J connectivity index is 1.90. The van der Waals surface area contributed by atoms with Crippen LogP contribution < -0.4 is 10.5 Å². The Morgan fingerprint density at radius 1 is 1.40 bits per heavy atom. The Morgan fingerprint density at radius 3 is 2.76 bits per heavy atom. The molecule has 2 N–H and O–H groups in total. The van der Waals surface area contributed by atoms with Crippen molar-refractivity contribution in [3.05, 3.63) is 36.3 Å². The van der Waals surface area contributed by atoms with Gasteiger partial charge in [-0.3, -0.25) is 4.79 Å². The number of benzene rings is 1. The summed E-state index contributed by atoms with van der Waals surface area (Å²) >= 11 is 0. The van der Waals surface area contributed by atoms with E-state index in [4.69, 9.17) is 10.5 Å². The molecule has 0 radical (unpaired) electrons. The quantitative estimate of drug-likeness (QED) is 0.914. The highest BCUT2D eigenvalue weighted by Crippen LogP contribution is 2.33. The summed E-state index contributed by atoms with van der Waals surface area (Å²) in [5.74, 6) is -3.66. The number of carbonyl (C=O) groups excluding carboxylic acids is 1. The van der Waals surface area contributed by atoms with E-state index in [9.17, 15) is 13.6 Å². The molecule has 0 bridgehead atoms. The summed E-state index contributed by atoms with van der Waals surface area (Å²) < 4.78 is 35.6. The number of piperidine rings is 1. The molecule has 2 aromatic rings. The van der Waals surface area contributed by atoms with E-state index in [-0.39, 0.29) is 24.3 Å². The van der Waals surface area contributed by atoms with E-state index in [0.29, 0.717) is 17.8 Å². The van der Waals surface area contributed by atoms with Crippen LogP contribution in [0.15, 0.2) is 30.7 Å². The third kappa shape index (κ3) is 3.63. The maximum atomic E-state index is 14.2. The van der Waals surface area contributed by atoms with Gasteiger partial charge in [0.1, 0.15) is 5.75 Å². The van der Waals surface area contributed by atoms with E-state index in [1.165, 1.54) is 12.1 Å². The van der Waals surface area contributed by atoms with Crippen LogP contribution in [0.2, 0.25) is 0 Å². The zero-order chi connectivity index (χ0) is 18.2. The van der Waals surface area contributed by atoms with Crippen molar-refractivity contribution in [3.63, 3.8) is 0 Å². The number of carbonyl (C=O) groups is 1. The molecule has 3 rings (SSSR count). The SMILES string of the molecule is CN1CCC(Oc2ccc(-c3cn(C)cn3)cc2C(N)=O)C(F)(F)C1. The Morgan fingerprint density at radius 2 is 2.16 bits per heavy atom. The second-order valence-electron chi connectivity index (χ2n) is 6.39. The van der Waals surface area contributed by atoms with E-state index in [2.05, 4.69) is 4.98 Å². The number of aryl methyl sites for hydroxylation is 1. The Labute approximate surface area is 144 Å². The predicted molar refractivity (Wildman–Crippen MR) is 88.6 cm³/mol. The molecule has 1 aromatic carbocycles. The summed E-state index contributed by atoms with van der Waals surface area (Å²) in [6, 6.07) is 4.70. The number of likely N-dealkylation sites (tertiary alicyclic amines) is 1. The van der Waals surface area contributed by atoms with Gasteiger partial charge in [0.05, 0.1) is 24.1 Å². The number of alkyl halides is 2. The average Bonchev–Trinajstić information content (AvgIpc) is 2.96. The smallest absolute Gasteiger partial charge is 0.296 e. The minimum absolute atomic E-state index is 0.0675. The molecule has 1 amide bonds. The maximum absolute atomic E-state index is 14.2. The van der Waals surface area contributed by atoms with Crippen LogP contribution in [-0.4, -0.2) is 52.5 Å². The van der Waals surface area contributed by atoms with Crippen LogP contribution >= 0.6 is 0 Å². The first-order valence-corrected chi connectivity index (χ1v) is 7.91. The van der Waals surface area contributed by atoms with Crippen molar-refractivity contribution in [2.24, 2.45) is 12.8 Å². The molecule has 1 aromatic heterocycles. The number of primary amides is 1. The van der Waals surface area contributed by atoms with Crippen LogP contribution in [-0.2, 0) is 7.05 Å². The third-order valence-electron chi connectivity index (χ3n) is 4.24. The number of rotatable bonds is 4. The van der Waals surface area contributed by atoms with Crippen molar-refractivity contribution in [2.75, 3.05) is 20.1 Å². The topological polar surface area (TPSA) is 73.4 Å². The van der Waals surface area contributed by atoms with Crippen LogP contribution in [0.1, 0.15) is 16.8 Å². The molecule has 1 atom stereocenters. The van der Waals surface area contributed by atoms with Crippen LogP contribution in [0.4, 0.5) is 8.78 Å². The zero-order valence-corrected chi connectivity index (χ0v) is 14.1. The molecule has 1 aliphatic rings. The van der Waals surface area contributed by atoms with Crippen LogP contribution in [0.3, 0.4) is 0 Å². The van der Waals surface area contributed by atoms with Crippen LogP contribution in [0.25, 0.3) is 11.3 Å². The third-order valence-corrected chi connectivity index (χ3v) is 4.24. The van der Waals surface area contributed by atoms with E-state index in [1.807, 2.05) is 7.05 Å². The first-order valence-electron chi connectivity index (χ1n) is 7.91. The largest absolute Gasteiger partial charge is 0.483 e. The Bertz CT molecular complexity index is 791. The van der Waals surface area contributed by atoms with Gasteiger partial charge >= 0.3 is 0 Å². The summed E-state index contributed by atoms with van der Waals surface area (Å²) in [4.78, 5) is 17.5. The van der Waals surface area contributed by atoms with E-state index >= 15 is 0 Å². The van der Waals surface area contributed by atoms with Gasteiger partial charge in [-0.25, -0.2) is 13.8 Å². The maximum Gasteiger partial charge on any atom is 0.296 e. The minimum Gasteiger partial charge on any atom is -0.483 e. The fourth-order valence-electron chi connectivity index (χ4n) is 2.93. The van der Waals surface area contributed by atoms with Crippen molar-refractivity contribution in [1.29, 1.82) is 0 Å². The van der Waals surface area contributed by atoms with Gasteiger partial charge in [0.15, 0.2) is 6.10 Å². The van der Waals surface area contributed by atoms with Crippen molar-refractivity contribution in [3.8, 4) is 17.0 Å². The lowest BCUT2D eigenvalue weighted by molar-refractivity contribution is -0.135. The van der Waals surface area contributed by atoms with Gasteiger partial charge in [0, 0.05) is 31.8 Å². The number of amides is 1. The number of nitrogens with zero attached hydrogens (tertiary/aromatic N) is 3. The number of hydrogen-bond acceptors (Lipinski definition) is 4. The monoisotopic (exact) mass is 350 g/mol. The molecule has 134 valence electrons. The lowest BCUT2D eigenvalue weighted by atomic mass is 10.0. The Hall–Kier alpha value is -2.48. The van der Waals surface area contributed by atoms with Gasteiger partial charge in [0.25, 0.3) is 11.8 Å². The average molecular weight is 350 g/mol. The number of halogens is 2. The van der Waals surface area contributed by atoms with Gasteiger partial charge in [-0.1, -0.05) is 0 Å². The van der Waals surface area contributed by atoms with Crippen LogP contribution in [0, 0.1) is 0 Å². The lowest BCUT2D eigenvalue weighted by Gasteiger charge is -2.36. The molecule has 0 saturated carbocycles. The molecule has 1 aliphatic heterocycles. The minimum atomic E-state index is -3.00. The molecular formula is C17H20F2N4O2. The molecule has 8 heteroatoms. The normalized spacial score (nSPS) is 20.4. The summed E-state index contributed by atoms with van der Waals surface area (Å²) in [6.07, 6.45) is 2.29. The van der Waals surface area contributed by atoms with Gasteiger partial charge < -0.3 is 19.9 Å². The molecule has 6 nitrogen and oxygen atoms in total. The fourth-order valence-corrected chi connectivity index (χ4v) is 2.93. The van der Waals surface area contributed by atoms with E-state index in [1.54, 1.807) is 35.1 Å². The molecule has 1 unspecified atom stereocenters. The molecule has 2 heterocycles. The molecule has 0 spiro atoms. The first kappa shape index (κ1) is 17.3. The van der Waals surface area contributed by atoms with Crippen molar-refractivity contribution in [1.82, 2.24) is 14.5 Å². The predicted octanol–water partition coefficient (Wildman–Crippen LogP) is 1.90. The van der Waals surface area contributed by atoms with Gasteiger partial charge in [0.2, 0.25) is 0 Å². The molecule has 1 fully saturated rings. The second-order valence-corrected chi connectivity index (χ2v) is 6.39. The lowest BCUT2D eigenvalue weighted by Crippen LogP contribution is -2.52. The van der Waals surface area contributed by atoms with Gasteiger partial charge in [-0.2, -0.15) is 0 Å². The fraction of sp³-hybridized carbons (Fsp3) is 0.412.